The molecule has 1 aliphatic rings. The molecule has 3 N–H and O–H groups in total. The topological polar surface area (TPSA) is 97.5 Å². The Balaban J connectivity index is 2.34. The number of carboxylic acid groups (broad SMARTS) is 1. The molecular weight excluding hydrogens is 434 g/mol. The smallest absolute Gasteiger partial charge is 0.308 e. The summed E-state index contributed by atoms with van der Waals surface area (Å²) in [5.41, 5.74) is 7.49. The maximum absolute atomic E-state index is 13.8. The lowest BCUT2D eigenvalue weighted by Crippen LogP contribution is -2.62. The van der Waals surface area contributed by atoms with Gasteiger partial charge in [-0.2, -0.15) is 0 Å². The lowest BCUT2D eigenvalue weighted by molar-refractivity contribution is -0.142. The van der Waals surface area contributed by atoms with E-state index in [9.17, 15) is 18.3 Å². The van der Waals surface area contributed by atoms with Gasteiger partial charge in [-0.3, -0.25) is 4.79 Å². The SMILES string of the molecule is CCC(C(=O)O)([C@]1(c2ccc(-c3cccc(N)c3)s2)CCCCS1(=O)=O)[Si](C)(C)C. The molecule has 3 rings (SSSR count). The van der Waals surface area contributed by atoms with Crippen LogP contribution in [0.25, 0.3) is 10.4 Å². The number of nitrogen functional groups attached to an aromatic ring is 1. The van der Waals surface area contributed by atoms with E-state index in [4.69, 9.17) is 5.73 Å². The average molecular weight is 466 g/mol. The van der Waals surface area contributed by atoms with Crippen LogP contribution < -0.4 is 5.73 Å². The van der Waals surface area contributed by atoms with E-state index in [1.165, 1.54) is 11.3 Å². The fourth-order valence-corrected chi connectivity index (χ4v) is 14.3. The molecule has 2 atom stereocenters. The van der Waals surface area contributed by atoms with Crippen molar-refractivity contribution in [1.29, 1.82) is 0 Å². The Kier molecular flexibility index (Phi) is 5.99. The number of aliphatic carboxylic acids is 1. The van der Waals surface area contributed by atoms with Crippen LogP contribution in [0, 0.1) is 0 Å². The van der Waals surface area contributed by atoms with Crippen molar-refractivity contribution in [3.05, 3.63) is 41.3 Å². The maximum Gasteiger partial charge on any atom is 0.308 e. The van der Waals surface area contributed by atoms with Crippen molar-refractivity contribution < 1.29 is 18.3 Å². The molecule has 1 unspecified atom stereocenters. The number of carboxylic acids is 1. The van der Waals surface area contributed by atoms with E-state index in [-0.39, 0.29) is 5.75 Å². The van der Waals surface area contributed by atoms with Gasteiger partial charge in [0.2, 0.25) is 0 Å². The van der Waals surface area contributed by atoms with Crippen LogP contribution in [0.3, 0.4) is 0 Å². The molecule has 0 saturated carbocycles. The van der Waals surface area contributed by atoms with Gasteiger partial charge in [-0.25, -0.2) is 8.42 Å². The highest BCUT2D eigenvalue weighted by atomic mass is 32.2. The molecule has 2 aromatic rings. The number of benzene rings is 1. The molecule has 0 aliphatic carbocycles. The lowest BCUT2D eigenvalue weighted by Gasteiger charge is -2.54. The Morgan fingerprint density at radius 2 is 1.93 bits per heavy atom. The summed E-state index contributed by atoms with van der Waals surface area (Å²) in [5, 5.41) is 9.28. The summed E-state index contributed by atoms with van der Waals surface area (Å²) in [4.78, 5) is 14.5. The number of rotatable bonds is 6. The first kappa shape index (κ1) is 23.0. The van der Waals surface area contributed by atoms with Crippen molar-refractivity contribution in [1.82, 2.24) is 0 Å². The van der Waals surface area contributed by atoms with E-state index in [1.807, 2.05) is 63.0 Å². The predicted molar refractivity (Wildman–Crippen MR) is 127 cm³/mol. The van der Waals surface area contributed by atoms with E-state index >= 15 is 0 Å². The highest BCUT2D eigenvalue weighted by molar-refractivity contribution is 7.92. The summed E-state index contributed by atoms with van der Waals surface area (Å²) in [6, 6.07) is 11.2. The molecule has 2 heterocycles. The Bertz CT molecular complexity index is 1060. The van der Waals surface area contributed by atoms with Gasteiger partial charge < -0.3 is 10.8 Å². The Morgan fingerprint density at radius 1 is 1.23 bits per heavy atom. The lowest BCUT2D eigenvalue weighted by atomic mass is 9.82. The molecule has 8 heteroatoms. The number of nitrogens with two attached hydrogens (primary N) is 1. The van der Waals surface area contributed by atoms with Crippen LogP contribution in [0.2, 0.25) is 24.7 Å². The molecule has 30 heavy (non-hydrogen) atoms. The molecule has 1 aliphatic heterocycles. The fraction of sp³-hybridized carbons (Fsp3) is 0.500. The highest BCUT2D eigenvalue weighted by Crippen LogP contribution is 2.64. The zero-order chi connectivity index (χ0) is 22.4. The summed E-state index contributed by atoms with van der Waals surface area (Å²) < 4.78 is 26.2. The second-order valence-electron chi connectivity index (χ2n) is 9.21. The third kappa shape index (κ3) is 3.24. The van der Waals surface area contributed by atoms with Gasteiger partial charge in [-0.1, -0.05) is 45.1 Å². The summed E-state index contributed by atoms with van der Waals surface area (Å²) in [6.07, 6.45) is 1.95. The van der Waals surface area contributed by atoms with Gasteiger partial charge in [-0.15, -0.1) is 11.3 Å². The van der Waals surface area contributed by atoms with Crippen molar-refractivity contribution in [2.75, 3.05) is 11.5 Å². The number of carbonyl (C=O) groups is 1. The number of hydrogen-bond acceptors (Lipinski definition) is 5. The predicted octanol–water partition coefficient (Wildman–Crippen LogP) is 5.36. The Morgan fingerprint density at radius 3 is 2.47 bits per heavy atom. The van der Waals surface area contributed by atoms with Crippen molar-refractivity contribution in [2.45, 2.75) is 62.0 Å². The molecule has 0 amide bonds. The van der Waals surface area contributed by atoms with Gasteiger partial charge in [0.25, 0.3) is 0 Å². The number of sulfone groups is 1. The van der Waals surface area contributed by atoms with Gasteiger partial charge in [-0.05, 0) is 49.1 Å². The number of anilines is 1. The van der Waals surface area contributed by atoms with Gasteiger partial charge in [0, 0.05) is 15.4 Å². The van der Waals surface area contributed by atoms with Gasteiger partial charge in [0.1, 0.15) is 4.75 Å². The molecular formula is C22H31NO4S2Si. The van der Waals surface area contributed by atoms with Crippen LogP contribution in [-0.4, -0.2) is 33.3 Å². The number of hydrogen-bond donors (Lipinski definition) is 2. The van der Waals surface area contributed by atoms with Crippen LogP contribution in [0.5, 0.6) is 0 Å². The van der Waals surface area contributed by atoms with Crippen molar-refractivity contribution in [2.24, 2.45) is 0 Å². The fourth-order valence-electron chi connectivity index (χ4n) is 5.43. The van der Waals surface area contributed by atoms with Gasteiger partial charge >= 0.3 is 5.97 Å². The Labute approximate surface area is 184 Å². The second-order valence-corrected chi connectivity index (χ2v) is 18.0. The molecule has 1 aromatic carbocycles. The second kappa shape index (κ2) is 7.80. The number of thiophene rings is 1. The highest BCUT2D eigenvalue weighted by Gasteiger charge is 2.69. The maximum atomic E-state index is 13.8. The van der Waals surface area contributed by atoms with E-state index in [2.05, 4.69) is 0 Å². The van der Waals surface area contributed by atoms with Gasteiger partial charge in [0.15, 0.2) is 9.84 Å². The first-order valence-corrected chi connectivity index (χ1v) is 16.3. The Hall–Kier alpha value is -1.64. The normalized spacial score (nSPS) is 23.6. The van der Waals surface area contributed by atoms with Gasteiger partial charge in [0.05, 0.1) is 18.9 Å². The van der Waals surface area contributed by atoms with Crippen molar-refractivity contribution >= 4 is 40.9 Å². The third-order valence-corrected chi connectivity index (χ3v) is 14.6. The van der Waals surface area contributed by atoms with Crippen molar-refractivity contribution in [3.63, 3.8) is 0 Å². The zero-order valence-electron chi connectivity index (χ0n) is 18.1. The summed E-state index contributed by atoms with van der Waals surface area (Å²) in [5.74, 6) is -0.938. The molecule has 5 nitrogen and oxygen atoms in total. The van der Waals surface area contributed by atoms with Crippen LogP contribution >= 0.6 is 11.3 Å². The molecule has 1 fully saturated rings. The first-order chi connectivity index (χ1) is 13.9. The zero-order valence-corrected chi connectivity index (χ0v) is 20.7. The molecule has 0 radical (unpaired) electrons. The minimum absolute atomic E-state index is 0.0397. The van der Waals surface area contributed by atoms with Crippen LogP contribution in [-0.2, 0) is 19.4 Å². The third-order valence-electron chi connectivity index (χ3n) is 6.76. The summed E-state index contributed by atoms with van der Waals surface area (Å²) in [7, 11) is -6.18. The van der Waals surface area contributed by atoms with Crippen LogP contribution in [0.4, 0.5) is 5.69 Å². The molecule has 164 valence electrons. The molecule has 0 bridgehead atoms. The molecule has 0 spiro atoms. The van der Waals surface area contributed by atoms with Crippen LogP contribution in [0.15, 0.2) is 36.4 Å². The molecule has 1 saturated heterocycles. The van der Waals surface area contributed by atoms with E-state index in [1.54, 1.807) is 0 Å². The average Bonchev–Trinajstić information content (AvgIpc) is 3.12. The van der Waals surface area contributed by atoms with E-state index in [0.29, 0.717) is 36.2 Å². The minimum Gasteiger partial charge on any atom is -0.481 e. The standard InChI is InChI=1S/C22H31NO4S2Si/c1-5-22(20(24)25,30(2,3)4)21(13-6-7-14-29(21,26)27)19-12-11-18(28-19)16-9-8-10-17(23)15-16/h8-12,15H,5-7,13-14,23H2,1-4H3,(H,24,25)/t21-,22?/m1/s1. The van der Waals surface area contributed by atoms with E-state index < -0.39 is 33.7 Å². The molecule has 1 aromatic heterocycles. The summed E-state index contributed by atoms with van der Waals surface area (Å²) >= 11 is 1.40. The summed E-state index contributed by atoms with van der Waals surface area (Å²) in [6.45, 7) is 7.80. The quantitative estimate of drug-likeness (QED) is 0.442. The largest absolute Gasteiger partial charge is 0.481 e. The van der Waals surface area contributed by atoms with Crippen molar-refractivity contribution in [3.8, 4) is 10.4 Å². The van der Waals surface area contributed by atoms with Crippen LogP contribution in [0.1, 0.15) is 37.5 Å². The minimum atomic E-state index is -3.67. The first-order valence-electron chi connectivity index (χ1n) is 10.3. The monoisotopic (exact) mass is 465 g/mol. The van der Waals surface area contributed by atoms with E-state index in [0.717, 1.165) is 10.4 Å².